The molecule has 0 unspecified atom stereocenters. The maximum absolute atomic E-state index is 13.9. The number of ether oxygens (including phenoxy) is 1. The molecule has 1 aliphatic rings. The molecule has 1 heterocycles. The van der Waals surface area contributed by atoms with Crippen molar-refractivity contribution in [2.24, 2.45) is 5.92 Å². The number of rotatable bonds is 8. The van der Waals surface area contributed by atoms with Crippen molar-refractivity contribution in [1.82, 2.24) is 4.90 Å². The third kappa shape index (κ3) is 5.75. The summed E-state index contributed by atoms with van der Waals surface area (Å²) in [7, 11) is 0. The molecule has 0 atom stereocenters. The lowest BCUT2D eigenvalue weighted by Crippen LogP contribution is -2.40. The molecule has 31 heavy (non-hydrogen) atoms. The zero-order valence-corrected chi connectivity index (χ0v) is 17.4. The van der Waals surface area contributed by atoms with Crippen molar-refractivity contribution in [2.75, 3.05) is 19.7 Å². The third-order valence-electron chi connectivity index (χ3n) is 5.47. The molecular weight excluding hydrogens is 404 g/mol. The van der Waals surface area contributed by atoms with Crippen LogP contribution in [0.1, 0.15) is 53.3 Å². The van der Waals surface area contributed by atoms with Gasteiger partial charge < -0.3 is 9.64 Å². The van der Waals surface area contributed by atoms with Crippen molar-refractivity contribution in [2.45, 2.75) is 32.6 Å². The van der Waals surface area contributed by atoms with Crippen LogP contribution in [0, 0.1) is 17.6 Å². The van der Waals surface area contributed by atoms with Gasteiger partial charge in [0.25, 0.3) is 0 Å². The summed E-state index contributed by atoms with van der Waals surface area (Å²) in [4.78, 5) is 39.0. The molecule has 7 heteroatoms. The minimum Gasteiger partial charge on any atom is -0.494 e. The third-order valence-corrected chi connectivity index (χ3v) is 5.47. The van der Waals surface area contributed by atoms with Crippen LogP contribution in [0.15, 0.2) is 42.5 Å². The van der Waals surface area contributed by atoms with Crippen molar-refractivity contribution >= 4 is 17.5 Å². The average Bonchev–Trinajstić information content (AvgIpc) is 2.79. The first-order chi connectivity index (χ1) is 14.9. The van der Waals surface area contributed by atoms with Gasteiger partial charge in [0, 0.05) is 37.4 Å². The van der Waals surface area contributed by atoms with Crippen molar-refractivity contribution < 1.29 is 27.9 Å². The molecule has 0 aliphatic carbocycles. The highest BCUT2D eigenvalue weighted by Gasteiger charge is 2.29. The van der Waals surface area contributed by atoms with Crippen LogP contribution in [-0.4, -0.2) is 42.1 Å². The van der Waals surface area contributed by atoms with Crippen LogP contribution < -0.4 is 4.74 Å². The molecular formula is C24H25F2NO4. The average molecular weight is 429 g/mol. The van der Waals surface area contributed by atoms with E-state index >= 15 is 0 Å². The number of nitrogens with zero attached hydrogens (tertiary/aromatic N) is 1. The molecule has 1 saturated heterocycles. The summed E-state index contributed by atoms with van der Waals surface area (Å²) < 4.78 is 32.6. The van der Waals surface area contributed by atoms with Crippen LogP contribution >= 0.6 is 0 Å². The van der Waals surface area contributed by atoms with Crippen LogP contribution in [0.3, 0.4) is 0 Å². The summed E-state index contributed by atoms with van der Waals surface area (Å²) in [5.41, 5.74) is 0.281. The summed E-state index contributed by atoms with van der Waals surface area (Å²) in [5.74, 6) is -1.87. The maximum Gasteiger partial charge on any atom is 0.223 e. The topological polar surface area (TPSA) is 63.7 Å². The van der Waals surface area contributed by atoms with Gasteiger partial charge in [-0.3, -0.25) is 14.4 Å². The van der Waals surface area contributed by atoms with Crippen molar-refractivity contribution in [3.63, 3.8) is 0 Å². The Bertz CT molecular complexity index is 951. The normalized spacial score (nSPS) is 14.4. The molecule has 0 bridgehead atoms. The minimum absolute atomic E-state index is 0.0865. The molecule has 0 N–H and O–H groups in total. The fourth-order valence-corrected chi connectivity index (χ4v) is 3.72. The van der Waals surface area contributed by atoms with Crippen molar-refractivity contribution in [3.8, 4) is 5.75 Å². The highest BCUT2D eigenvalue weighted by molar-refractivity contribution is 5.99. The van der Waals surface area contributed by atoms with Gasteiger partial charge in [0.05, 0.1) is 12.2 Å². The number of benzene rings is 2. The van der Waals surface area contributed by atoms with Crippen LogP contribution in [0.25, 0.3) is 0 Å². The summed E-state index contributed by atoms with van der Waals surface area (Å²) in [6.07, 6.45) is 0.948. The Hall–Kier alpha value is -3.09. The first kappa shape index (κ1) is 22.6. The van der Waals surface area contributed by atoms with E-state index in [1.54, 1.807) is 29.2 Å². The minimum atomic E-state index is -0.738. The molecule has 3 rings (SSSR count). The van der Waals surface area contributed by atoms with Gasteiger partial charge in [-0.15, -0.1) is 0 Å². The fourth-order valence-electron chi connectivity index (χ4n) is 3.72. The molecule has 0 radical (unpaired) electrons. The predicted octanol–water partition coefficient (Wildman–Crippen LogP) is 4.45. The van der Waals surface area contributed by atoms with E-state index in [0.29, 0.717) is 43.9 Å². The zero-order chi connectivity index (χ0) is 22.4. The summed E-state index contributed by atoms with van der Waals surface area (Å²) in [6, 6.07) is 9.65. The smallest absolute Gasteiger partial charge is 0.223 e. The largest absolute Gasteiger partial charge is 0.494 e. The highest BCUT2D eigenvalue weighted by Crippen LogP contribution is 2.24. The quantitative estimate of drug-likeness (QED) is 0.582. The van der Waals surface area contributed by atoms with Gasteiger partial charge in [0.15, 0.2) is 11.6 Å². The second kappa shape index (κ2) is 10.3. The lowest BCUT2D eigenvalue weighted by molar-refractivity contribution is -0.132. The predicted molar refractivity (Wildman–Crippen MR) is 111 cm³/mol. The van der Waals surface area contributed by atoms with Crippen LogP contribution in [0.4, 0.5) is 8.78 Å². The molecule has 1 amide bonds. The van der Waals surface area contributed by atoms with E-state index in [4.69, 9.17) is 4.74 Å². The lowest BCUT2D eigenvalue weighted by atomic mass is 9.88. The summed E-state index contributed by atoms with van der Waals surface area (Å²) in [6.45, 7) is 3.12. The molecule has 0 spiro atoms. The molecule has 1 aliphatic heterocycles. The number of hydrogen-bond acceptors (Lipinski definition) is 4. The first-order valence-corrected chi connectivity index (χ1v) is 10.4. The molecule has 0 aromatic heterocycles. The Labute approximate surface area is 180 Å². The van der Waals surface area contributed by atoms with Crippen molar-refractivity contribution in [3.05, 3.63) is 65.2 Å². The summed E-state index contributed by atoms with van der Waals surface area (Å²) in [5, 5.41) is 0. The number of piperidine rings is 1. The Balaban J connectivity index is 1.48. The van der Waals surface area contributed by atoms with Crippen LogP contribution in [-0.2, 0) is 4.79 Å². The van der Waals surface area contributed by atoms with Gasteiger partial charge in [0.1, 0.15) is 17.4 Å². The Morgan fingerprint density at radius 2 is 1.68 bits per heavy atom. The van der Waals surface area contributed by atoms with E-state index in [9.17, 15) is 23.2 Å². The molecule has 2 aromatic carbocycles. The number of Topliss-reactive ketones (excluding diaryl/α,β-unsaturated/α-hetero) is 2. The number of carbonyl (C=O) groups excluding carboxylic acids is 3. The van der Waals surface area contributed by atoms with Crippen molar-refractivity contribution in [1.29, 1.82) is 0 Å². The van der Waals surface area contributed by atoms with E-state index < -0.39 is 23.3 Å². The second-order valence-electron chi connectivity index (χ2n) is 7.52. The fraction of sp³-hybridized carbons (Fsp3) is 0.375. The van der Waals surface area contributed by atoms with E-state index in [1.165, 1.54) is 0 Å². The van der Waals surface area contributed by atoms with Gasteiger partial charge >= 0.3 is 0 Å². The van der Waals surface area contributed by atoms with E-state index in [2.05, 4.69) is 0 Å². The first-order valence-electron chi connectivity index (χ1n) is 10.4. The van der Waals surface area contributed by atoms with Gasteiger partial charge in [-0.1, -0.05) is 0 Å². The summed E-state index contributed by atoms with van der Waals surface area (Å²) >= 11 is 0. The number of carbonyl (C=O) groups is 3. The van der Waals surface area contributed by atoms with E-state index in [-0.39, 0.29) is 30.1 Å². The SMILES string of the molecule is CCOc1ccc(C(=O)CCC(=O)N2CCC(C(=O)c3cc(F)ccc3F)CC2)cc1. The second-order valence-corrected chi connectivity index (χ2v) is 7.52. The van der Waals surface area contributed by atoms with Gasteiger partial charge in [-0.2, -0.15) is 0 Å². The number of amides is 1. The van der Waals surface area contributed by atoms with Gasteiger partial charge in [-0.05, 0) is 62.2 Å². The van der Waals surface area contributed by atoms with Gasteiger partial charge in [-0.25, -0.2) is 8.78 Å². The van der Waals surface area contributed by atoms with E-state index in [1.807, 2.05) is 6.92 Å². The molecule has 164 valence electrons. The number of likely N-dealkylation sites (tertiary alicyclic amines) is 1. The number of ketones is 2. The van der Waals surface area contributed by atoms with Gasteiger partial charge in [0.2, 0.25) is 5.91 Å². The highest BCUT2D eigenvalue weighted by atomic mass is 19.1. The Morgan fingerprint density at radius 3 is 2.32 bits per heavy atom. The van der Waals surface area contributed by atoms with Crippen LogP contribution in [0.5, 0.6) is 5.75 Å². The molecule has 0 saturated carbocycles. The maximum atomic E-state index is 13.9. The monoisotopic (exact) mass is 429 g/mol. The lowest BCUT2D eigenvalue weighted by Gasteiger charge is -2.31. The Morgan fingerprint density at radius 1 is 1.00 bits per heavy atom. The molecule has 2 aromatic rings. The standard InChI is InChI=1S/C24H25F2NO4/c1-2-31-19-6-3-16(4-7-19)22(28)9-10-23(29)27-13-11-17(12-14-27)24(30)20-15-18(25)5-8-21(20)26/h3-8,15,17H,2,9-14H2,1H3. The molecule has 1 fully saturated rings. The zero-order valence-electron chi connectivity index (χ0n) is 17.4. The number of halogens is 2. The number of hydrogen-bond donors (Lipinski definition) is 0. The van der Waals surface area contributed by atoms with E-state index in [0.717, 1.165) is 18.2 Å². The molecule has 5 nitrogen and oxygen atoms in total. The Kier molecular flexibility index (Phi) is 7.50. The van der Waals surface area contributed by atoms with Crippen LogP contribution in [0.2, 0.25) is 0 Å².